The molecule has 112 valence electrons. The fourth-order valence-electron chi connectivity index (χ4n) is 2.81. The molecular weight excluding hydrogens is 269 g/mol. The molecule has 3 nitrogen and oxygen atoms in total. The predicted molar refractivity (Wildman–Crippen MR) is 78.4 cm³/mol. The standard InChI is InChI=1S/C17H20FNO2/c1-17(20,16-3-2-8-21-16)11-19-15-9-13(10-15)12-4-6-14(18)7-5-12/h2-8,13,15,19-20H,9-11H2,1H3/t13?,15?,17-/m0/s1. The van der Waals surface area contributed by atoms with Crippen LogP contribution in [0.3, 0.4) is 0 Å². The predicted octanol–water partition coefficient (Wildman–Crippen LogP) is 3.16. The first-order valence-corrected chi connectivity index (χ1v) is 7.30. The monoisotopic (exact) mass is 289 g/mol. The van der Waals surface area contributed by atoms with E-state index in [0.29, 0.717) is 24.3 Å². The van der Waals surface area contributed by atoms with Gasteiger partial charge in [-0.25, -0.2) is 4.39 Å². The van der Waals surface area contributed by atoms with Gasteiger partial charge in [0.05, 0.1) is 6.26 Å². The highest BCUT2D eigenvalue weighted by Gasteiger charge is 2.33. The fourth-order valence-corrected chi connectivity index (χ4v) is 2.81. The van der Waals surface area contributed by atoms with Crippen LogP contribution in [-0.4, -0.2) is 17.7 Å². The second kappa shape index (κ2) is 5.62. The summed E-state index contributed by atoms with van der Waals surface area (Å²) in [5.41, 5.74) is 0.192. The van der Waals surface area contributed by atoms with Gasteiger partial charge in [-0.2, -0.15) is 0 Å². The van der Waals surface area contributed by atoms with Crippen molar-refractivity contribution in [3.05, 3.63) is 59.8 Å². The molecule has 0 unspecified atom stereocenters. The lowest BCUT2D eigenvalue weighted by Crippen LogP contribution is -2.46. The van der Waals surface area contributed by atoms with Gasteiger partial charge in [-0.05, 0) is 55.5 Å². The number of furan rings is 1. The highest BCUT2D eigenvalue weighted by atomic mass is 19.1. The Kier molecular flexibility index (Phi) is 3.83. The number of aliphatic hydroxyl groups is 1. The Bertz CT molecular complexity index is 571. The Morgan fingerprint density at radius 2 is 2.00 bits per heavy atom. The van der Waals surface area contributed by atoms with Crippen molar-refractivity contribution in [2.24, 2.45) is 0 Å². The van der Waals surface area contributed by atoms with Crippen LogP contribution in [-0.2, 0) is 5.60 Å². The first kappa shape index (κ1) is 14.3. The molecule has 21 heavy (non-hydrogen) atoms. The minimum absolute atomic E-state index is 0.192. The minimum atomic E-state index is -0.996. The van der Waals surface area contributed by atoms with Crippen LogP contribution in [0.25, 0.3) is 0 Å². The Labute approximate surface area is 123 Å². The maximum Gasteiger partial charge on any atom is 0.136 e. The zero-order valence-electron chi connectivity index (χ0n) is 12.1. The van der Waals surface area contributed by atoms with Gasteiger partial charge in [0.15, 0.2) is 0 Å². The Balaban J connectivity index is 1.48. The van der Waals surface area contributed by atoms with E-state index < -0.39 is 5.60 Å². The van der Waals surface area contributed by atoms with Crippen LogP contribution in [0.1, 0.15) is 37.0 Å². The summed E-state index contributed by atoms with van der Waals surface area (Å²) in [5, 5.41) is 13.7. The van der Waals surface area contributed by atoms with Gasteiger partial charge in [0, 0.05) is 12.6 Å². The number of rotatable bonds is 5. The molecule has 0 amide bonds. The van der Waals surface area contributed by atoms with Crippen molar-refractivity contribution in [3.63, 3.8) is 0 Å². The van der Waals surface area contributed by atoms with E-state index in [9.17, 15) is 9.50 Å². The molecule has 0 saturated heterocycles. The fraction of sp³-hybridized carbons (Fsp3) is 0.412. The second-order valence-electron chi connectivity index (χ2n) is 6.05. The van der Waals surface area contributed by atoms with E-state index in [2.05, 4.69) is 5.32 Å². The van der Waals surface area contributed by atoms with Crippen molar-refractivity contribution in [3.8, 4) is 0 Å². The average molecular weight is 289 g/mol. The van der Waals surface area contributed by atoms with Crippen molar-refractivity contribution in [2.75, 3.05) is 6.54 Å². The summed E-state index contributed by atoms with van der Waals surface area (Å²) < 4.78 is 18.1. The molecular formula is C17H20FNO2. The molecule has 2 aromatic rings. The van der Waals surface area contributed by atoms with Crippen LogP contribution in [0.15, 0.2) is 47.1 Å². The second-order valence-corrected chi connectivity index (χ2v) is 6.05. The van der Waals surface area contributed by atoms with Gasteiger partial charge in [-0.1, -0.05) is 12.1 Å². The third-order valence-electron chi connectivity index (χ3n) is 4.27. The normalized spacial score (nSPS) is 24.3. The lowest BCUT2D eigenvalue weighted by molar-refractivity contribution is 0.0277. The van der Waals surface area contributed by atoms with E-state index in [1.165, 1.54) is 17.7 Å². The number of hydrogen-bond acceptors (Lipinski definition) is 3. The van der Waals surface area contributed by atoms with Crippen molar-refractivity contribution in [2.45, 2.75) is 37.3 Å². The summed E-state index contributed by atoms with van der Waals surface area (Å²) in [4.78, 5) is 0. The summed E-state index contributed by atoms with van der Waals surface area (Å²) in [7, 11) is 0. The number of halogens is 1. The van der Waals surface area contributed by atoms with Gasteiger partial charge in [-0.3, -0.25) is 0 Å². The molecule has 4 heteroatoms. The van der Waals surface area contributed by atoms with Crippen molar-refractivity contribution < 1.29 is 13.9 Å². The van der Waals surface area contributed by atoms with Gasteiger partial charge in [-0.15, -0.1) is 0 Å². The Hall–Kier alpha value is -1.65. The average Bonchev–Trinajstić information content (AvgIpc) is 2.93. The van der Waals surface area contributed by atoms with E-state index in [1.54, 1.807) is 25.3 Å². The van der Waals surface area contributed by atoms with Crippen LogP contribution >= 0.6 is 0 Å². The molecule has 0 aliphatic heterocycles. The molecule has 0 spiro atoms. The summed E-state index contributed by atoms with van der Waals surface area (Å²) in [6.45, 7) is 2.20. The third kappa shape index (κ3) is 3.17. The third-order valence-corrected chi connectivity index (χ3v) is 4.27. The van der Waals surface area contributed by atoms with E-state index in [4.69, 9.17) is 4.42 Å². The molecule has 3 rings (SSSR count). The van der Waals surface area contributed by atoms with E-state index >= 15 is 0 Å². The molecule has 1 fully saturated rings. The largest absolute Gasteiger partial charge is 0.466 e. The van der Waals surface area contributed by atoms with E-state index in [0.717, 1.165) is 12.8 Å². The molecule has 0 radical (unpaired) electrons. The van der Waals surface area contributed by atoms with Crippen LogP contribution in [0.5, 0.6) is 0 Å². The van der Waals surface area contributed by atoms with Crippen LogP contribution in [0.2, 0.25) is 0 Å². The maximum absolute atomic E-state index is 12.9. The van der Waals surface area contributed by atoms with Gasteiger partial charge in [0.1, 0.15) is 17.2 Å². The highest BCUT2D eigenvalue weighted by Crippen LogP contribution is 2.37. The summed E-state index contributed by atoms with van der Waals surface area (Å²) in [6, 6.07) is 10.7. The summed E-state index contributed by atoms with van der Waals surface area (Å²) >= 11 is 0. The molecule has 1 aliphatic rings. The lowest BCUT2D eigenvalue weighted by Gasteiger charge is -2.38. The molecule has 1 heterocycles. The topological polar surface area (TPSA) is 45.4 Å². The van der Waals surface area contributed by atoms with Crippen LogP contribution in [0, 0.1) is 5.82 Å². The quantitative estimate of drug-likeness (QED) is 0.888. The molecule has 2 N–H and O–H groups in total. The lowest BCUT2D eigenvalue weighted by atomic mass is 9.75. The van der Waals surface area contributed by atoms with Crippen molar-refractivity contribution >= 4 is 0 Å². The first-order chi connectivity index (χ1) is 10.0. The SMILES string of the molecule is C[C@](O)(CNC1CC(c2ccc(F)cc2)C1)c1ccco1. The molecule has 1 atom stereocenters. The molecule has 1 aromatic heterocycles. The minimum Gasteiger partial charge on any atom is -0.466 e. The number of nitrogens with one attached hydrogen (secondary N) is 1. The molecule has 1 saturated carbocycles. The van der Waals surface area contributed by atoms with Crippen molar-refractivity contribution in [1.29, 1.82) is 0 Å². The highest BCUT2D eigenvalue weighted by molar-refractivity contribution is 5.23. The van der Waals surface area contributed by atoms with E-state index in [1.807, 2.05) is 12.1 Å². The Morgan fingerprint density at radius 1 is 1.29 bits per heavy atom. The van der Waals surface area contributed by atoms with Crippen LogP contribution < -0.4 is 5.32 Å². The molecule has 1 aliphatic carbocycles. The molecule has 0 bridgehead atoms. The molecule has 1 aromatic carbocycles. The van der Waals surface area contributed by atoms with Gasteiger partial charge in [0.2, 0.25) is 0 Å². The van der Waals surface area contributed by atoms with Crippen molar-refractivity contribution in [1.82, 2.24) is 5.32 Å². The maximum atomic E-state index is 12.9. The van der Waals surface area contributed by atoms with Gasteiger partial charge < -0.3 is 14.8 Å². The first-order valence-electron chi connectivity index (χ1n) is 7.30. The van der Waals surface area contributed by atoms with Gasteiger partial charge >= 0.3 is 0 Å². The zero-order chi connectivity index (χ0) is 14.9. The number of hydrogen-bond donors (Lipinski definition) is 2. The van der Waals surface area contributed by atoms with Crippen LogP contribution in [0.4, 0.5) is 4.39 Å². The smallest absolute Gasteiger partial charge is 0.136 e. The summed E-state index contributed by atoms with van der Waals surface area (Å²) in [5.74, 6) is 0.864. The Morgan fingerprint density at radius 3 is 2.62 bits per heavy atom. The van der Waals surface area contributed by atoms with Gasteiger partial charge in [0.25, 0.3) is 0 Å². The van der Waals surface area contributed by atoms with E-state index in [-0.39, 0.29) is 5.82 Å². The number of benzene rings is 1. The summed E-state index contributed by atoms with van der Waals surface area (Å²) in [6.07, 6.45) is 3.59. The zero-order valence-corrected chi connectivity index (χ0v) is 12.1.